The molecule has 3 aliphatic rings. The van der Waals surface area contributed by atoms with Gasteiger partial charge in [0.25, 0.3) is 0 Å². The molecular weight excluding hydrogens is 336 g/mol. The van der Waals surface area contributed by atoms with E-state index in [2.05, 4.69) is 42.2 Å². The summed E-state index contributed by atoms with van der Waals surface area (Å²) >= 11 is 0. The van der Waals surface area contributed by atoms with E-state index >= 15 is 0 Å². The van der Waals surface area contributed by atoms with Gasteiger partial charge in [0, 0.05) is 37.2 Å². The number of amides is 1. The summed E-state index contributed by atoms with van der Waals surface area (Å²) in [7, 11) is 0. The van der Waals surface area contributed by atoms with Gasteiger partial charge in [-0.1, -0.05) is 25.1 Å². The van der Waals surface area contributed by atoms with Crippen LogP contribution in [0.25, 0.3) is 0 Å². The van der Waals surface area contributed by atoms with Crippen LogP contribution >= 0.6 is 0 Å². The molecule has 1 aromatic heterocycles. The van der Waals surface area contributed by atoms with Gasteiger partial charge in [-0.3, -0.25) is 9.69 Å². The normalized spacial score (nSPS) is 23.7. The smallest absolute Gasteiger partial charge is 0.228 e. The van der Waals surface area contributed by atoms with Crippen molar-refractivity contribution in [3.63, 3.8) is 0 Å². The van der Waals surface area contributed by atoms with Crippen molar-refractivity contribution < 1.29 is 9.21 Å². The van der Waals surface area contributed by atoms with Gasteiger partial charge in [-0.05, 0) is 55.4 Å². The highest BCUT2D eigenvalue weighted by atomic mass is 16.3. The fraction of sp³-hybridized carbons (Fsp3) is 0.522. The van der Waals surface area contributed by atoms with Gasteiger partial charge in [-0.2, -0.15) is 0 Å². The van der Waals surface area contributed by atoms with E-state index in [-0.39, 0.29) is 5.91 Å². The van der Waals surface area contributed by atoms with E-state index in [1.54, 1.807) is 0 Å². The van der Waals surface area contributed by atoms with Gasteiger partial charge in [-0.15, -0.1) is 0 Å². The van der Waals surface area contributed by atoms with Crippen LogP contribution in [-0.2, 0) is 17.8 Å². The maximum atomic E-state index is 12.8. The quantitative estimate of drug-likeness (QED) is 0.733. The van der Waals surface area contributed by atoms with Crippen molar-refractivity contribution in [1.29, 1.82) is 0 Å². The first-order chi connectivity index (χ1) is 13.2. The number of para-hydroxylation sites is 1. The molecule has 2 heterocycles. The predicted octanol–water partition coefficient (Wildman–Crippen LogP) is 4.35. The minimum absolute atomic E-state index is 0.248. The Labute approximate surface area is 161 Å². The van der Waals surface area contributed by atoms with Gasteiger partial charge in [0.1, 0.15) is 11.5 Å². The minimum atomic E-state index is 0.248. The van der Waals surface area contributed by atoms with Crippen LogP contribution in [-0.4, -0.2) is 29.9 Å². The van der Waals surface area contributed by atoms with Crippen LogP contribution in [0.5, 0.6) is 0 Å². The molecule has 2 atom stereocenters. The lowest BCUT2D eigenvalue weighted by Crippen LogP contribution is -2.34. The number of furan rings is 1. The summed E-state index contributed by atoms with van der Waals surface area (Å²) in [6.07, 6.45) is 5.30. The van der Waals surface area contributed by atoms with Gasteiger partial charge < -0.3 is 9.32 Å². The van der Waals surface area contributed by atoms with Gasteiger partial charge in [0.15, 0.2) is 0 Å². The van der Waals surface area contributed by atoms with Crippen LogP contribution in [0, 0.1) is 5.92 Å². The molecule has 142 valence electrons. The maximum Gasteiger partial charge on any atom is 0.228 e. The first-order valence-corrected chi connectivity index (χ1v) is 10.4. The molecule has 0 radical (unpaired) electrons. The highest BCUT2D eigenvalue weighted by molar-refractivity contribution is 5.95. The summed E-state index contributed by atoms with van der Waals surface area (Å²) < 4.78 is 6.10. The average molecular weight is 364 g/mol. The van der Waals surface area contributed by atoms with Crippen molar-refractivity contribution >= 4 is 11.6 Å². The molecule has 5 rings (SSSR count). The van der Waals surface area contributed by atoms with Gasteiger partial charge in [0.2, 0.25) is 5.91 Å². The van der Waals surface area contributed by atoms with Crippen molar-refractivity contribution in [3.05, 3.63) is 53.5 Å². The average Bonchev–Trinajstić information content (AvgIpc) is 3.56. The molecular formula is C23H28N2O2. The summed E-state index contributed by atoms with van der Waals surface area (Å²) in [4.78, 5) is 17.2. The largest absolute Gasteiger partial charge is 0.464 e. The molecule has 0 saturated heterocycles. The molecule has 2 fully saturated rings. The Kier molecular flexibility index (Phi) is 4.31. The van der Waals surface area contributed by atoms with Crippen molar-refractivity contribution in [2.24, 2.45) is 5.92 Å². The lowest BCUT2D eigenvalue weighted by molar-refractivity contribution is -0.118. The summed E-state index contributed by atoms with van der Waals surface area (Å²) in [6.45, 7) is 4.75. The Morgan fingerprint density at radius 1 is 1.22 bits per heavy atom. The molecule has 1 aliphatic heterocycles. The highest BCUT2D eigenvalue weighted by Gasteiger charge is 2.37. The lowest BCUT2D eigenvalue weighted by atomic mass is 10.2. The first kappa shape index (κ1) is 17.1. The molecule has 2 aliphatic carbocycles. The van der Waals surface area contributed by atoms with E-state index in [9.17, 15) is 4.79 Å². The number of fused-ring (bicyclic) bond motifs is 1. The Morgan fingerprint density at radius 3 is 2.81 bits per heavy atom. The third-order valence-corrected chi connectivity index (χ3v) is 6.38. The Bertz CT molecular complexity index is 838. The summed E-state index contributed by atoms with van der Waals surface area (Å²) in [5, 5.41) is 0. The zero-order valence-corrected chi connectivity index (χ0v) is 16.1. The number of hydrogen-bond donors (Lipinski definition) is 0. The van der Waals surface area contributed by atoms with E-state index in [0.717, 1.165) is 49.2 Å². The third kappa shape index (κ3) is 3.55. The molecule has 4 heteroatoms. The third-order valence-electron chi connectivity index (χ3n) is 6.38. The zero-order chi connectivity index (χ0) is 18.4. The van der Waals surface area contributed by atoms with Crippen LogP contribution in [0.15, 0.2) is 40.8 Å². The van der Waals surface area contributed by atoms with Crippen LogP contribution in [0.4, 0.5) is 5.69 Å². The molecule has 0 unspecified atom stereocenters. The van der Waals surface area contributed by atoms with Crippen molar-refractivity contribution in [2.75, 3.05) is 18.0 Å². The highest BCUT2D eigenvalue weighted by Crippen LogP contribution is 2.47. The zero-order valence-electron chi connectivity index (χ0n) is 16.1. The number of hydrogen-bond acceptors (Lipinski definition) is 3. The van der Waals surface area contributed by atoms with Crippen molar-refractivity contribution in [3.8, 4) is 0 Å². The number of anilines is 1. The van der Waals surface area contributed by atoms with E-state index in [0.29, 0.717) is 18.4 Å². The summed E-state index contributed by atoms with van der Waals surface area (Å²) in [5.74, 6) is 3.85. The lowest BCUT2D eigenvalue weighted by Gasteiger charge is -2.23. The van der Waals surface area contributed by atoms with E-state index < -0.39 is 0 Å². The number of nitrogens with zero attached hydrogens (tertiary/aromatic N) is 2. The van der Waals surface area contributed by atoms with Crippen LogP contribution < -0.4 is 4.90 Å². The molecule has 0 bridgehead atoms. The topological polar surface area (TPSA) is 36.7 Å². The Morgan fingerprint density at radius 2 is 2.04 bits per heavy atom. The summed E-state index contributed by atoms with van der Waals surface area (Å²) in [5.41, 5.74) is 2.40. The standard InChI is InChI=1S/C23H28N2O2/c1-16-14-20(16)22-9-8-19(27-22)15-24(18-6-7-18)12-11-23(26)25-13-10-17-4-2-3-5-21(17)25/h2-5,8-9,16,18,20H,6-7,10-15H2,1H3/t16-,20-/m1/s1. The fourth-order valence-corrected chi connectivity index (χ4v) is 4.40. The number of carbonyl (C=O) groups excluding carboxylic acids is 1. The molecule has 1 aromatic carbocycles. The second kappa shape index (κ2) is 6.83. The number of benzene rings is 1. The molecule has 0 spiro atoms. The van der Waals surface area contributed by atoms with Crippen LogP contribution in [0.3, 0.4) is 0 Å². The van der Waals surface area contributed by atoms with E-state index in [1.165, 1.54) is 24.8 Å². The first-order valence-electron chi connectivity index (χ1n) is 10.4. The van der Waals surface area contributed by atoms with E-state index in [1.807, 2.05) is 11.0 Å². The number of rotatable bonds is 7. The second-order valence-electron chi connectivity index (χ2n) is 8.50. The predicted molar refractivity (Wildman–Crippen MR) is 106 cm³/mol. The maximum absolute atomic E-state index is 12.8. The van der Waals surface area contributed by atoms with Gasteiger partial charge in [-0.25, -0.2) is 0 Å². The Hall–Kier alpha value is -2.07. The minimum Gasteiger partial charge on any atom is -0.464 e. The van der Waals surface area contributed by atoms with Gasteiger partial charge in [0.05, 0.1) is 6.54 Å². The molecule has 0 N–H and O–H groups in total. The molecule has 27 heavy (non-hydrogen) atoms. The van der Waals surface area contributed by atoms with Crippen molar-refractivity contribution in [1.82, 2.24) is 4.90 Å². The Balaban J connectivity index is 1.20. The van der Waals surface area contributed by atoms with Crippen LogP contribution in [0.2, 0.25) is 0 Å². The van der Waals surface area contributed by atoms with Gasteiger partial charge >= 0.3 is 0 Å². The van der Waals surface area contributed by atoms with E-state index in [4.69, 9.17) is 4.42 Å². The fourth-order valence-electron chi connectivity index (χ4n) is 4.40. The molecule has 2 aromatic rings. The monoisotopic (exact) mass is 364 g/mol. The second-order valence-corrected chi connectivity index (χ2v) is 8.50. The van der Waals surface area contributed by atoms with Crippen molar-refractivity contribution in [2.45, 2.75) is 57.5 Å². The SMILES string of the molecule is C[C@@H]1C[C@H]1c1ccc(CN(CCC(=O)N2CCc3ccccc32)C2CC2)o1. The van der Waals surface area contributed by atoms with Crippen LogP contribution in [0.1, 0.15) is 55.6 Å². The number of carbonyl (C=O) groups is 1. The molecule has 4 nitrogen and oxygen atoms in total. The molecule has 2 saturated carbocycles. The summed E-state index contributed by atoms with van der Waals surface area (Å²) in [6, 6.07) is 13.2. The molecule has 1 amide bonds.